The highest BCUT2D eigenvalue weighted by Gasteiger charge is 2.33. The summed E-state index contributed by atoms with van der Waals surface area (Å²) in [6.07, 6.45) is 3.70. The molecule has 1 fully saturated rings. The maximum Gasteiger partial charge on any atom is 0.319 e. The normalized spacial score (nSPS) is 14.9. The topological polar surface area (TPSA) is 86.6 Å². The van der Waals surface area contributed by atoms with E-state index in [4.69, 9.17) is 14.2 Å². The number of hydrogen-bond acceptors (Lipinski definition) is 5. The number of carbonyl (C=O) groups excluding carboxylic acids is 1. The molecule has 2 N–H and O–H groups in total. The van der Waals surface area contributed by atoms with Gasteiger partial charge in [-0.05, 0) is 35.7 Å². The Bertz CT molecular complexity index is 1280. The summed E-state index contributed by atoms with van der Waals surface area (Å²) < 4.78 is 34.3. The minimum absolute atomic E-state index is 0.0515. The standard InChI is InChI=1S/C28H39FN4O4Si/c1-19(2)21-14-33(18-35-11-12-38(4,5)6)26-25(21)24(9-10-30-26)37-23-8-7-20(13-22(23)29)32-27(34)31-15-28(3)16-36-17-28/h7-10,13-14,19H,11-12,15-18H2,1-6H3,(H2,31,32,34). The molecule has 2 aromatic heterocycles. The number of rotatable bonds is 11. The van der Waals surface area contributed by atoms with E-state index in [1.165, 1.54) is 12.1 Å². The summed E-state index contributed by atoms with van der Waals surface area (Å²) in [5, 5.41) is 6.32. The molecule has 38 heavy (non-hydrogen) atoms. The van der Waals surface area contributed by atoms with Crippen molar-refractivity contribution < 1.29 is 23.4 Å². The monoisotopic (exact) mass is 542 g/mol. The quantitative estimate of drug-likeness (QED) is 0.212. The van der Waals surface area contributed by atoms with Gasteiger partial charge in [0.25, 0.3) is 0 Å². The number of hydrogen-bond donors (Lipinski definition) is 2. The molecule has 0 saturated carbocycles. The van der Waals surface area contributed by atoms with Crippen molar-refractivity contribution in [2.75, 3.05) is 31.7 Å². The highest BCUT2D eigenvalue weighted by molar-refractivity contribution is 6.76. The molecule has 8 nitrogen and oxygen atoms in total. The van der Waals surface area contributed by atoms with Gasteiger partial charge in [0.2, 0.25) is 0 Å². The van der Waals surface area contributed by atoms with Crippen molar-refractivity contribution >= 4 is 30.8 Å². The van der Waals surface area contributed by atoms with Crippen LogP contribution in [0.2, 0.25) is 25.7 Å². The fourth-order valence-corrected chi connectivity index (χ4v) is 4.94. The van der Waals surface area contributed by atoms with E-state index < -0.39 is 19.9 Å². The molecule has 0 atom stereocenters. The van der Waals surface area contributed by atoms with E-state index in [-0.39, 0.29) is 17.1 Å². The third-order valence-corrected chi connectivity index (χ3v) is 8.29. The third kappa shape index (κ3) is 6.92. The SMILES string of the molecule is CC(C)c1cn(COCC[Si](C)(C)C)c2nccc(Oc3ccc(NC(=O)NCC4(C)COC4)cc3F)c12. The second-order valence-electron chi connectivity index (χ2n) is 11.9. The fourth-order valence-electron chi connectivity index (χ4n) is 4.18. The first kappa shape index (κ1) is 28.1. The Kier molecular flexibility index (Phi) is 8.44. The molecule has 2 amide bonds. The van der Waals surface area contributed by atoms with Crippen molar-refractivity contribution in [2.24, 2.45) is 5.41 Å². The van der Waals surface area contributed by atoms with Crippen molar-refractivity contribution in [3.63, 3.8) is 0 Å². The van der Waals surface area contributed by atoms with Gasteiger partial charge in [-0.25, -0.2) is 14.2 Å². The molecule has 0 radical (unpaired) electrons. The Morgan fingerprint density at radius 1 is 1.24 bits per heavy atom. The van der Waals surface area contributed by atoms with Gasteiger partial charge in [-0.2, -0.15) is 0 Å². The van der Waals surface area contributed by atoms with Crippen LogP contribution in [0.5, 0.6) is 11.5 Å². The first-order valence-corrected chi connectivity index (χ1v) is 16.8. The van der Waals surface area contributed by atoms with Crippen molar-refractivity contribution in [1.29, 1.82) is 0 Å². The van der Waals surface area contributed by atoms with E-state index in [0.29, 0.717) is 44.5 Å². The Morgan fingerprint density at radius 3 is 2.63 bits per heavy atom. The summed E-state index contributed by atoms with van der Waals surface area (Å²) in [5.41, 5.74) is 2.08. The predicted molar refractivity (Wildman–Crippen MR) is 150 cm³/mol. The highest BCUT2D eigenvalue weighted by Crippen LogP contribution is 2.37. The minimum Gasteiger partial charge on any atom is -0.453 e. The molecule has 0 aliphatic carbocycles. The van der Waals surface area contributed by atoms with Crippen LogP contribution in [0.3, 0.4) is 0 Å². The van der Waals surface area contributed by atoms with Gasteiger partial charge in [0, 0.05) is 50.8 Å². The van der Waals surface area contributed by atoms with Crippen LogP contribution >= 0.6 is 0 Å². The van der Waals surface area contributed by atoms with Crippen LogP contribution in [0.15, 0.2) is 36.7 Å². The van der Waals surface area contributed by atoms with Gasteiger partial charge in [0.05, 0.1) is 18.6 Å². The second kappa shape index (κ2) is 11.4. The zero-order valence-corrected chi connectivity index (χ0v) is 24.2. The molecule has 0 bridgehead atoms. The summed E-state index contributed by atoms with van der Waals surface area (Å²) in [5.74, 6) is 0.215. The van der Waals surface area contributed by atoms with E-state index >= 15 is 4.39 Å². The number of carbonyl (C=O) groups is 1. The molecule has 1 aromatic carbocycles. The number of aromatic nitrogens is 2. The van der Waals surface area contributed by atoms with Gasteiger partial charge in [-0.3, -0.25) is 0 Å². The molecule has 206 valence electrons. The van der Waals surface area contributed by atoms with Crippen molar-refractivity contribution in [1.82, 2.24) is 14.9 Å². The van der Waals surface area contributed by atoms with Crippen LogP contribution in [-0.4, -0.2) is 50.0 Å². The highest BCUT2D eigenvalue weighted by atomic mass is 28.3. The summed E-state index contributed by atoms with van der Waals surface area (Å²) >= 11 is 0. The lowest BCUT2D eigenvalue weighted by Gasteiger charge is -2.37. The number of amides is 2. The van der Waals surface area contributed by atoms with E-state index in [2.05, 4.69) is 49.1 Å². The zero-order chi connectivity index (χ0) is 27.5. The first-order valence-electron chi connectivity index (χ1n) is 13.1. The van der Waals surface area contributed by atoms with Crippen LogP contribution in [-0.2, 0) is 16.2 Å². The summed E-state index contributed by atoms with van der Waals surface area (Å²) in [4.78, 5) is 16.8. The summed E-state index contributed by atoms with van der Waals surface area (Å²) in [6.45, 7) is 16.0. The lowest BCUT2D eigenvalue weighted by Crippen LogP contribution is -2.49. The Morgan fingerprint density at radius 2 is 2.00 bits per heavy atom. The number of nitrogens with one attached hydrogen (secondary N) is 2. The number of fused-ring (bicyclic) bond motifs is 1. The predicted octanol–water partition coefficient (Wildman–Crippen LogP) is 6.56. The van der Waals surface area contributed by atoms with Crippen LogP contribution < -0.4 is 15.4 Å². The molecular weight excluding hydrogens is 503 g/mol. The van der Waals surface area contributed by atoms with Gasteiger partial charge in [0.15, 0.2) is 11.6 Å². The molecule has 1 saturated heterocycles. The molecule has 1 aliphatic rings. The minimum atomic E-state index is -1.18. The number of nitrogens with zero attached hydrogens (tertiary/aromatic N) is 2. The van der Waals surface area contributed by atoms with Crippen LogP contribution in [0, 0.1) is 11.2 Å². The van der Waals surface area contributed by atoms with Crippen LogP contribution in [0.1, 0.15) is 32.3 Å². The Labute approximate surface area is 224 Å². The fraction of sp³-hybridized carbons (Fsp3) is 0.500. The van der Waals surface area contributed by atoms with Gasteiger partial charge in [-0.1, -0.05) is 40.4 Å². The molecule has 4 rings (SSSR count). The van der Waals surface area contributed by atoms with Gasteiger partial charge in [-0.15, -0.1) is 0 Å². The lowest BCUT2D eigenvalue weighted by molar-refractivity contribution is -0.0974. The number of benzene rings is 1. The number of urea groups is 1. The van der Waals surface area contributed by atoms with E-state index in [1.807, 2.05) is 17.7 Å². The van der Waals surface area contributed by atoms with E-state index in [1.54, 1.807) is 18.3 Å². The van der Waals surface area contributed by atoms with E-state index in [9.17, 15) is 4.79 Å². The van der Waals surface area contributed by atoms with Crippen molar-refractivity contribution in [3.8, 4) is 11.5 Å². The second-order valence-corrected chi connectivity index (χ2v) is 17.5. The van der Waals surface area contributed by atoms with Crippen LogP contribution in [0.4, 0.5) is 14.9 Å². The average Bonchev–Trinajstić information content (AvgIpc) is 3.20. The number of pyridine rings is 1. The molecule has 10 heteroatoms. The average molecular weight is 543 g/mol. The number of anilines is 1. The van der Waals surface area contributed by atoms with Crippen LogP contribution in [0.25, 0.3) is 11.0 Å². The first-order chi connectivity index (χ1) is 17.9. The molecule has 0 spiro atoms. The number of ether oxygens (including phenoxy) is 3. The maximum absolute atomic E-state index is 15.0. The molecule has 3 heterocycles. The number of halogens is 1. The van der Waals surface area contributed by atoms with Gasteiger partial charge >= 0.3 is 6.03 Å². The molecule has 3 aromatic rings. The maximum atomic E-state index is 15.0. The lowest BCUT2D eigenvalue weighted by atomic mass is 9.89. The third-order valence-electron chi connectivity index (χ3n) is 6.58. The molecular formula is C28H39FN4O4Si. The molecule has 0 unspecified atom stereocenters. The van der Waals surface area contributed by atoms with Gasteiger partial charge in [0.1, 0.15) is 18.1 Å². The summed E-state index contributed by atoms with van der Waals surface area (Å²) in [7, 11) is -1.18. The Hall–Kier alpha value is -2.95. The largest absolute Gasteiger partial charge is 0.453 e. The molecule has 1 aliphatic heterocycles. The van der Waals surface area contributed by atoms with Crippen molar-refractivity contribution in [3.05, 3.63) is 48.0 Å². The van der Waals surface area contributed by atoms with Gasteiger partial charge < -0.3 is 29.4 Å². The Balaban J connectivity index is 1.48. The zero-order valence-electron chi connectivity index (χ0n) is 23.2. The smallest absolute Gasteiger partial charge is 0.319 e. The summed E-state index contributed by atoms with van der Waals surface area (Å²) in [6, 6.07) is 6.83. The van der Waals surface area contributed by atoms with Crippen molar-refractivity contribution in [2.45, 2.75) is 59.1 Å². The van der Waals surface area contributed by atoms with E-state index in [0.717, 1.165) is 22.6 Å².